The van der Waals surface area contributed by atoms with Gasteiger partial charge in [-0.3, -0.25) is 9.36 Å². The Morgan fingerprint density at radius 2 is 1.77 bits per heavy atom. The van der Waals surface area contributed by atoms with Gasteiger partial charge >= 0.3 is 12.2 Å². The first-order valence-electron chi connectivity index (χ1n) is 13.2. The number of rotatable bonds is 9. The highest BCUT2D eigenvalue weighted by Gasteiger charge is 2.62. The lowest BCUT2D eigenvalue weighted by Gasteiger charge is -2.28. The van der Waals surface area contributed by atoms with Crippen molar-refractivity contribution in [1.82, 2.24) is 14.2 Å². The molecule has 1 N–H and O–H groups in total. The van der Waals surface area contributed by atoms with Crippen LogP contribution in [-0.2, 0) is 37.6 Å². The van der Waals surface area contributed by atoms with Crippen LogP contribution in [0.25, 0.3) is 10.8 Å². The Morgan fingerprint density at radius 1 is 1.00 bits per heavy atom. The second-order valence-corrected chi connectivity index (χ2v) is 11.7. The summed E-state index contributed by atoms with van der Waals surface area (Å²) in [6.07, 6.45) is 2.21. The lowest BCUT2D eigenvalue weighted by molar-refractivity contribution is 0.0331. The molecule has 0 radical (unpaired) electrons. The van der Waals surface area contributed by atoms with E-state index in [1.807, 2.05) is 37.3 Å². The highest BCUT2D eigenvalue weighted by Crippen LogP contribution is 2.52. The molecule has 5 rings (SSSR count). The molecule has 11 nitrogen and oxygen atoms in total. The molecule has 2 heterocycles. The van der Waals surface area contributed by atoms with Gasteiger partial charge in [0.05, 0.1) is 23.1 Å². The lowest BCUT2D eigenvalue weighted by Crippen LogP contribution is -2.48. The van der Waals surface area contributed by atoms with E-state index in [1.54, 1.807) is 0 Å². The van der Waals surface area contributed by atoms with Crippen molar-refractivity contribution in [1.29, 1.82) is 0 Å². The summed E-state index contributed by atoms with van der Waals surface area (Å²) in [6, 6.07) is 15.0. The molecule has 1 aliphatic carbocycles. The second kappa shape index (κ2) is 11.3. The normalized spacial score (nSPS) is 18.0. The van der Waals surface area contributed by atoms with Gasteiger partial charge in [0, 0.05) is 23.5 Å². The van der Waals surface area contributed by atoms with Gasteiger partial charge in [-0.15, -0.1) is 0 Å². The van der Waals surface area contributed by atoms with Crippen LogP contribution in [0, 0.1) is 0 Å². The molecule has 2 aromatic carbocycles. The fourth-order valence-electron chi connectivity index (χ4n) is 5.19. The monoisotopic (exact) mass is 569 g/mol. The average Bonchev–Trinajstić information content (AvgIpc) is 3.67. The topological polar surface area (TPSA) is 133 Å². The molecule has 1 saturated carbocycles. The minimum absolute atomic E-state index is 0.0103. The Bertz CT molecular complexity index is 1570. The molecule has 0 bridgehead atoms. The van der Waals surface area contributed by atoms with Crippen molar-refractivity contribution in [2.75, 3.05) is 13.2 Å². The maximum absolute atomic E-state index is 13.9. The van der Waals surface area contributed by atoms with Gasteiger partial charge < -0.3 is 19.5 Å². The zero-order chi connectivity index (χ0) is 28.3. The number of ether oxygens (including phenoxy) is 3. The smallest absolute Gasteiger partial charge is 0.445 e. The number of aromatic nitrogens is 1. The molecule has 1 aromatic heterocycles. The van der Waals surface area contributed by atoms with Gasteiger partial charge in [-0.05, 0) is 49.4 Å². The molecule has 1 saturated heterocycles. The molecule has 1 aliphatic heterocycles. The van der Waals surface area contributed by atoms with Crippen LogP contribution in [-0.4, -0.2) is 54.3 Å². The molecule has 212 valence electrons. The Kier molecular flexibility index (Phi) is 7.81. The summed E-state index contributed by atoms with van der Waals surface area (Å²) in [5.74, 6) is 0. The van der Waals surface area contributed by atoms with Crippen LogP contribution in [0.1, 0.15) is 38.2 Å². The Balaban J connectivity index is 1.32. The number of nitrogens with one attached hydrogen (secondary N) is 1. The van der Waals surface area contributed by atoms with E-state index in [0.717, 1.165) is 5.56 Å². The molecule has 1 atom stereocenters. The van der Waals surface area contributed by atoms with Gasteiger partial charge in [-0.1, -0.05) is 43.3 Å². The average molecular weight is 570 g/mol. The highest BCUT2D eigenvalue weighted by atomic mass is 32.2. The summed E-state index contributed by atoms with van der Waals surface area (Å²) in [7, 11) is -4.01. The number of amides is 1. The van der Waals surface area contributed by atoms with Crippen LogP contribution in [0.15, 0.2) is 70.5 Å². The summed E-state index contributed by atoms with van der Waals surface area (Å²) in [5, 5.41) is 3.32. The van der Waals surface area contributed by atoms with Gasteiger partial charge in [0.1, 0.15) is 6.61 Å². The molecular weight excluding hydrogens is 538 g/mol. The molecule has 3 aromatic rings. The van der Waals surface area contributed by atoms with E-state index in [-0.39, 0.29) is 48.2 Å². The number of sulfonamides is 1. The number of fused-ring (bicyclic) bond motifs is 1. The Morgan fingerprint density at radius 3 is 2.50 bits per heavy atom. The van der Waals surface area contributed by atoms with E-state index in [1.165, 1.54) is 39.3 Å². The largest absolute Gasteiger partial charge is 0.510 e. The van der Waals surface area contributed by atoms with Crippen molar-refractivity contribution in [3.8, 4) is 0 Å². The zero-order valence-corrected chi connectivity index (χ0v) is 22.9. The van der Waals surface area contributed by atoms with Crippen LogP contribution in [0.5, 0.6) is 0 Å². The van der Waals surface area contributed by atoms with Crippen LogP contribution in [0.3, 0.4) is 0 Å². The van der Waals surface area contributed by atoms with Crippen molar-refractivity contribution >= 4 is 33.0 Å². The van der Waals surface area contributed by atoms with E-state index in [9.17, 15) is 22.8 Å². The number of carbonyl (C=O) groups excluding carboxylic acids is 2. The molecule has 1 unspecified atom stereocenters. The quantitative estimate of drug-likeness (QED) is 0.385. The summed E-state index contributed by atoms with van der Waals surface area (Å²) < 4.78 is 45.7. The van der Waals surface area contributed by atoms with Gasteiger partial charge in [0.2, 0.25) is 10.0 Å². The summed E-state index contributed by atoms with van der Waals surface area (Å²) in [4.78, 5) is 37.3. The minimum atomic E-state index is -4.01. The van der Waals surface area contributed by atoms with Crippen molar-refractivity contribution in [3.05, 3.63) is 76.7 Å². The first-order chi connectivity index (χ1) is 19.3. The predicted molar refractivity (Wildman–Crippen MR) is 145 cm³/mol. The molecule has 40 heavy (non-hydrogen) atoms. The third kappa shape index (κ3) is 5.41. The Hall–Kier alpha value is -3.90. The maximum atomic E-state index is 13.9. The van der Waals surface area contributed by atoms with Gasteiger partial charge in [0.25, 0.3) is 5.56 Å². The highest BCUT2D eigenvalue weighted by molar-refractivity contribution is 7.89. The molecular formula is C28H31N3O8S. The lowest BCUT2D eigenvalue weighted by atomic mass is 10.1. The molecule has 2 aliphatic rings. The van der Waals surface area contributed by atoms with Crippen LogP contribution < -0.4 is 10.9 Å². The van der Waals surface area contributed by atoms with Crippen molar-refractivity contribution in [2.45, 2.75) is 62.4 Å². The number of hydrogen-bond acceptors (Lipinski definition) is 8. The molecule has 2 fully saturated rings. The van der Waals surface area contributed by atoms with E-state index in [2.05, 4.69) is 5.32 Å². The van der Waals surface area contributed by atoms with Crippen molar-refractivity contribution in [3.63, 3.8) is 0 Å². The number of benzene rings is 2. The predicted octanol–water partition coefficient (Wildman–Crippen LogP) is 3.74. The van der Waals surface area contributed by atoms with Gasteiger partial charge in [-0.25, -0.2) is 18.0 Å². The van der Waals surface area contributed by atoms with Crippen LogP contribution >= 0.6 is 0 Å². The number of pyridine rings is 1. The SMILES string of the molecule is CCCOC(=O)OCn1ccc2c(S(=O)(=O)N3CCC(NC(=O)OCc4ccccc4)C34CC4)cccc2c1=O. The first kappa shape index (κ1) is 27.7. The van der Waals surface area contributed by atoms with Crippen LogP contribution in [0.4, 0.5) is 9.59 Å². The van der Waals surface area contributed by atoms with Crippen molar-refractivity contribution in [2.24, 2.45) is 0 Å². The fraction of sp³-hybridized carbons (Fsp3) is 0.393. The number of hydrogen-bond donors (Lipinski definition) is 1. The Labute approximate surface area is 231 Å². The number of nitrogens with zero attached hydrogens (tertiary/aromatic N) is 2. The van der Waals surface area contributed by atoms with Gasteiger partial charge in [-0.2, -0.15) is 4.31 Å². The summed E-state index contributed by atoms with van der Waals surface area (Å²) in [5.41, 5.74) is -0.373. The van der Waals surface area contributed by atoms with E-state index in [0.29, 0.717) is 25.7 Å². The summed E-state index contributed by atoms with van der Waals surface area (Å²) in [6.45, 7) is 2.03. The minimum Gasteiger partial charge on any atom is -0.445 e. The standard InChI is InChI=1S/C28H31N3O8S/c1-2-17-37-27(34)39-19-30-15-11-21-22(25(30)32)9-6-10-23(21)40(35,36)31-16-12-24(28(31)13-14-28)29-26(33)38-18-20-7-4-3-5-8-20/h3-11,15,24H,2,12-14,16-19H2,1H3,(H,29,33). The molecule has 12 heteroatoms. The third-order valence-electron chi connectivity index (χ3n) is 7.33. The fourth-order valence-corrected chi connectivity index (χ4v) is 7.27. The van der Waals surface area contributed by atoms with E-state index < -0.39 is 33.4 Å². The molecule has 1 spiro atoms. The first-order valence-corrected chi connectivity index (χ1v) is 14.6. The van der Waals surface area contributed by atoms with Crippen LogP contribution in [0.2, 0.25) is 0 Å². The zero-order valence-electron chi connectivity index (χ0n) is 22.1. The third-order valence-corrected chi connectivity index (χ3v) is 9.36. The maximum Gasteiger partial charge on any atom is 0.510 e. The second-order valence-electron chi connectivity index (χ2n) is 9.91. The molecule has 1 amide bonds. The number of carbonyl (C=O) groups is 2. The summed E-state index contributed by atoms with van der Waals surface area (Å²) >= 11 is 0. The van der Waals surface area contributed by atoms with E-state index in [4.69, 9.17) is 14.2 Å². The van der Waals surface area contributed by atoms with Crippen molar-refractivity contribution < 1.29 is 32.2 Å². The number of alkyl carbamates (subject to hydrolysis) is 1. The van der Waals surface area contributed by atoms with Gasteiger partial charge in [0.15, 0.2) is 6.73 Å². The van der Waals surface area contributed by atoms with E-state index >= 15 is 0 Å².